The smallest absolute Gasteiger partial charge is 0.312 e. The van der Waals surface area contributed by atoms with E-state index in [4.69, 9.17) is 4.74 Å². The topological polar surface area (TPSA) is 70.2 Å². The number of ether oxygens (including phenoxy) is 1. The Morgan fingerprint density at radius 1 is 0.906 bits per heavy atom. The number of rotatable bonds is 5. The Hall–Kier alpha value is -3.35. The Bertz CT molecular complexity index is 979. The molecule has 0 bridgehead atoms. The zero-order chi connectivity index (χ0) is 22.7. The number of nitrogens with zero attached hydrogens (tertiary/aromatic N) is 3. The second-order valence-electron chi connectivity index (χ2n) is 8.46. The van der Waals surface area contributed by atoms with E-state index in [2.05, 4.69) is 0 Å². The zero-order valence-electron chi connectivity index (χ0n) is 18.6. The van der Waals surface area contributed by atoms with Crippen LogP contribution in [0.5, 0.6) is 5.75 Å². The van der Waals surface area contributed by atoms with Crippen LogP contribution in [0.3, 0.4) is 0 Å². The highest BCUT2D eigenvalue weighted by atomic mass is 16.5. The van der Waals surface area contributed by atoms with Crippen molar-refractivity contribution in [2.24, 2.45) is 0 Å². The minimum absolute atomic E-state index is 0.00658. The molecule has 7 nitrogen and oxygen atoms in total. The summed E-state index contributed by atoms with van der Waals surface area (Å²) < 4.78 is 5.15. The van der Waals surface area contributed by atoms with Gasteiger partial charge in [-0.2, -0.15) is 0 Å². The van der Waals surface area contributed by atoms with Crippen LogP contribution in [0, 0.1) is 6.92 Å². The summed E-state index contributed by atoms with van der Waals surface area (Å²) in [5, 5.41) is 0. The van der Waals surface area contributed by atoms with Gasteiger partial charge in [-0.3, -0.25) is 14.4 Å². The lowest BCUT2D eigenvalue weighted by molar-refractivity contribution is -0.158. The highest BCUT2D eigenvalue weighted by Gasteiger charge is 2.38. The molecule has 0 aromatic heterocycles. The minimum atomic E-state index is -0.437. The second-order valence-corrected chi connectivity index (χ2v) is 8.46. The van der Waals surface area contributed by atoms with Crippen molar-refractivity contribution in [3.05, 3.63) is 65.2 Å². The van der Waals surface area contributed by atoms with Crippen LogP contribution in [0.4, 0.5) is 0 Å². The number of hydrogen-bond donors (Lipinski definition) is 0. The van der Waals surface area contributed by atoms with Gasteiger partial charge in [-0.15, -0.1) is 0 Å². The van der Waals surface area contributed by atoms with Gasteiger partial charge in [-0.05, 0) is 49.6 Å². The molecule has 2 aliphatic rings. The van der Waals surface area contributed by atoms with E-state index in [9.17, 15) is 14.4 Å². The number of carbonyl (C=O) groups is 3. The monoisotopic (exact) mass is 435 g/mol. The Morgan fingerprint density at radius 3 is 2.19 bits per heavy atom. The molecule has 168 valence electrons. The predicted octanol–water partition coefficient (Wildman–Crippen LogP) is 2.48. The summed E-state index contributed by atoms with van der Waals surface area (Å²) in [6.45, 7) is 4.68. The highest BCUT2D eigenvalue weighted by Crippen LogP contribution is 2.22. The van der Waals surface area contributed by atoms with E-state index in [-0.39, 0.29) is 11.9 Å². The number of carbonyl (C=O) groups excluding carboxylic acids is 3. The zero-order valence-corrected chi connectivity index (χ0v) is 18.6. The summed E-state index contributed by atoms with van der Waals surface area (Å²) in [5.41, 5.74) is 2.81. The first-order valence-corrected chi connectivity index (χ1v) is 11.0. The van der Waals surface area contributed by atoms with Gasteiger partial charge in [0.15, 0.2) is 0 Å². The van der Waals surface area contributed by atoms with Crippen LogP contribution in [0.1, 0.15) is 34.3 Å². The van der Waals surface area contributed by atoms with Crippen LogP contribution in [-0.4, -0.2) is 71.8 Å². The molecule has 0 saturated carbocycles. The molecule has 0 N–H and O–H groups in total. The number of piperazine rings is 1. The molecule has 7 heteroatoms. The van der Waals surface area contributed by atoms with Gasteiger partial charge in [0.1, 0.15) is 5.75 Å². The fourth-order valence-electron chi connectivity index (χ4n) is 4.40. The highest BCUT2D eigenvalue weighted by molar-refractivity contribution is 6.35. The predicted molar refractivity (Wildman–Crippen MR) is 120 cm³/mol. The molecule has 0 spiro atoms. The molecule has 32 heavy (non-hydrogen) atoms. The Kier molecular flexibility index (Phi) is 6.44. The van der Waals surface area contributed by atoms with Crippen molar-refractivity contribution in [1.29, 1.82) is 0 Å². The lowest BCUT2D eigenvalue weighted by atomic mass is 10.0. The first kappa shape index (κ1) is 21.9. The molecule has 2 aromatic rings. The summed E-state index contributed by atoms with van der Waals surface area (Å²) in [4.78, 5) is 43.5. The van der Waals surface area contributed by atoms with Gasteiger partial charge in [0.25, 0.3) is 5.91 Å². The first-order chi connectivity index (χ1) is 15.5. The summed E-state index contributed by atoms with van der Waals surface area (Å²) in [6, 6.07) is 15.1. The van der Waals surface area contributed by atoms with E-state index in [0.717, 1.165) is 11.1 Å². The molecule has 0 unspecified atom stereocenters. The summed E-state index contributed by atoms with van der Waals surface area (Å²) >= 11 is 0. The van der Waals surface area contributed by atoms with Crippen molar-refractivity contribution in [2.45, 2.75) is 32.4 Å². The van der Waals surface area contributed by atoms with E-state index in [1.807, 2.05) is 36.1 Å². The van der Waals surface area contributed by atoms with E-state index >= 15 is 0 Å². The number of hydrogen-bond acceptors (Lipinski definition) is 4. The second kappa shape index (κ2) is 9.42. The quantitative estimate of drug-likeness (QED) is 0.677. The molecule has 0 atom stereocenters. The van der Waals surface area contributed by atoms with Crippen molar-refractivity contribution >= 4 is 17.7 Å². The average molecular weight is 436 g/mol. The van der Waals surface area contributed by atoms with Gasteiger partial charge in [0.2, 0.25) is 0 Å². The number of benzene rings is 2. The van der Waals surface area contributed by atoms with Gasteiger partial charge < -0.3 is 19.4 Å². The van der Waals surface area contributed by atoms with Gasteiger partial charge in [-0.1, -0.05) is 29.8 Å². The maximum absolute atomic E-state index is 12.8. The van der Waals surface area contributed by atoms with Crippen LogP contribution in [0.2, 0.25) is 0 Å². The average Bonchev–Trinajstić information content (AvgIpc) is 2.83. The minimum Gasteiger partial charge on any atom is -0.497 e. The van der Waals surface area contributed by atoms with Gasteiger partial charge in [-0.25, -0.2) is 0 Å². The lowest BCUT2D eigenvalue weighted by Crippen LogP contribution is -2.59. The Morgan fingerprint density at radius 2 is 1.56 bits per heavy atom. The Balaban J connectivity index is 1.31. The molecule has 0 aliphatic carbocycles. The van der Waals surface area contributed by atoms with E-state index in [1.54, 1.807) is 41.2 Å². The van der Waals surface area contributed by atoms with Crippen LogP contribution >= 0.6 is 0 Å². The third-order valence-corrected chi connectivity index (χ3v) is 6.37. The molecule has 3 amide bonds. The van der Waals surface area contributed by atoms with Crippen LogP contribution < -0.4 is 4.74 Å². The molecule has 2 saturated heterocycles. The number of piperidine rings is 1. The third-order valence-electron chi connectivity index (χ3n) is 6.37. The fourth-order valence-corrected chi connectivity index (χ4v) is 4.40. The number of methoxy groups -OCH3 is 1. The number of amides is 3. The van der Waals surface area contributed by atoms with E-state index in [0.29, 0.717) is 56.9 Å². The van der Waals surface area contributed by atoms with Crippen LogP contribution in [-0.2, 0) is 16.1 Å². The molecule has 2 heterocycles. The van der Waals surface area contributed by atoms with Gasteiger partial charge in [0, 0.05) is 44.3 Å². The van der Waals surface area contributed by atoms with Crippen molar-refractivity contribution in [3.63, 3.8) is 0 Å². The maximum Gasteiger partial charge on any atom is 0.312 e. The Labute approximate surface area is 188 Å². The number of aryl methyl sites for hydroxylation is 1. The van der Waals surface area contributed by atoms with Crippen LogP contribution in [0.15, 0.2) is 48.5 Å². The molecule has 4 rings (SSSR count). The SMILES string of the molecule is COc1ccc(C(=O)N2CCC(N3CCN(Cc4ccc(C)cc4)C(=O)C3=O)CC2)cc1. The van der Waals surface area contributed by atoms with Crippen molar-refractivity contribution in [2.75, 3.05) is 33.3 Å². The van der Waals surface area contributed by atoms with Crippen molar-refractivity contribution in [1.82, 2.24) is 14.7 Å². The van der Waals surface area contributed by atoms with Gasteiger partial charge in [0.05, 0.1) is 7.11 Å². The largest absolute Gasteiger partial charge is 0.497 e. The van der Waals surface area contributed by atoms with Gasteiger partial charge >= 0.3 is 11.8 Å². The first-order valence-electron chi connectivity index (χ1n) is 11.0. The fraction of sp³-hybridized carbons (Fsp3) is 0.400. The molecular weight excluding hydrogens is 406 g/mol. The molecular formula is C25H29N3O4. The summed E-state index contributed by atoms with van der Waals surface area (Å²) in [5.74, 6) is -0.168. The van der Waals surface area contributed by atoms with E-state index in [1.165, 1.54) is 0 Å². The lowest BCUT2D eigenvalue weighted by Gasteiger charge is -2.42. The van der Waals surface area contributed by atoms with Crippen molar-refractivity contribution < 1.29 is 19.1 Å². The number of likely N-dealkylation sites (tertiary alicyclic amines) is 1. The summed E-state index contributed by atoms with van der Waals surface area (Å²) in [6.07, 6.45) is 1.36. The van der Waals surface area contributed by atoms with Crippen molar-refractivity contribution in [3.8, 4) is 5.75 Å². The molecule has 2 aromatic carbocycles. The van der Waals surface area contributed by atoms with E-state index < -0.39 is 11.8 Å². The normalized spacial score (nSPS) is 17.6. The molecule has 2 aliphatic heterocycles. The molecule has 0 radical (unpaired) electrons. The maximum atomic E-state index is 12.8. The standard InChI is InChI=1S/C25H29N3O4/c1-18-3-5-19(6-4-18)17-27-15-16-28(25(31)24(27)30)21-11-13-26(14-12-21)23(29)20-7-9-22(32-2)10-8-20/h3-10,21H,11-17H2,1-2H3. The van der Waals surface area contributed by atoms with Crippen LogP contribution in [0.25, 0.3) is 0 Å². The third kappa shape index (κ3) is 4.61. The molecule has 2 fully saturated rings. The summed E-state index contributed by atoms with van der Waals surface area (Å²) in [7, 11) is 1.59.